The van der Waals surface area contributed by atoms with Crippen LogP contribution in [0.4, 0.5) is 0 Å². The molecule has 1 spiro atoms. The van der Waals surface area contributed by atoms with Crippen LogP contribution in [-0.2, 0) is 9.59 Å². The number of hydrogen-bond donors (Lipinski definition) is 1. The third kappa shape index (κ3) is 2.04. The summed E-state index contributed by atoms with van der Waals surface area (Å²) in [6, 6.07) is 0.0554. The quantitative estimate of drug-likeness (QED) is 0.842. The largest absolute Gasteiger partial charge is 0.340 e. The third-order valence-corrected chi connectivity index (χ3v) is 5.48. The number of nitrogens with one attached hydrogen (secondary N) is 1. The Morgan fingerprint density at radius 3 is 2.40 bits per heavy atom. The first-order valence-electron chi connectivity index (χ1n) is 8.22. The van der Waals surface area contributed by atoms with Gasteiger partial charge in [0.2, 0.25) is 11.8 Å². The summed E-state index contributed by atoms with van der Waals surface area (Å²) in [7, 11) is 0. The summed E-state index contributed by atoms with van der Waals surface area (Å²) in [5, 5.41) is 3.10. The van der Waals surface area contributed by atoms with Crippen LogP contribution in [0.1, 0.15) is 65.2 Å². The highest BCUT2D eigenvalue weighted by molar-refractivity contribution is 6.00. The zero-order chi connectivity index (χ0) is 14.3. The molecular weight excluding hydrogens is 252 g/mol. The molecule has 2 aliphatic carbocycles. The van der Waals surface area contributed by atoms with Crippen molar-refractivity contribution in [1.29, 1.82) is 0 Å². The molecule has 0 aromatic carbocycles. The number of carbonyl (C=O) groups is 2. The highest BCUT2D eigenvalue weighted by Crippen LogP contribution is 2.39. The first-order valence-corrected chi connectivity index (χ1v) is 8.22. The van der Waals surface area contributed by atoms with Crippen LogP contribution >= 0.6 is 0 Å². The van der Waals surface area contributed by atoms with Gasteiger partial charge in [0.05, 0.1) is 0 Å². The van der Waals surface area contributed by atoms with E-state index in [1.54, 1.807) is 0 Å². The van der Waals surface area contributed by atoms with Gasteiger partial charge in [0.25, 0.3) is 0 Å². The lowest BCUT2D eigenvalue weighted by Gasteiger charge is -2.53. The zero-order valence-corrected chi connectivity index (χ0v) is 12.7. The minimum atomic E-state index is -0.570. The van der Waals surface area contributed by atoms with E-state index >= 15 is 0 Å². The number of piperazine rings is 1. The summed E-state index contributed by atoms with van der Waals surface area (Å²) in [5.41, 5.74) is -0.570. The fourth-order valence-electron chi connectivity index (χ4n) is 4.27. The van der Waals surface area contributed by atoms with Gasteiger partial charge in [-0.2, -0.15) is 0 Å². The molecular formula is C16H26N2O2. The van der Waals surface area contributed by atoms with Crippen LogP contribution in [-0.4, -0.2) is 34.3 Å². The molecule has 2 amide bonds. The molecule has 0 aromatic rings. The minimum Gasteiger partial charge on any atom is -0.340 e. The monoisotopic (exact) mass is 278 g/mol. The van der Waals surface area contributed by atoms with E-state index in [2.05, 4.69) is 12.2 Å². The van der Waals surface area contributed by atoms with Gasteiger partial charge in [-0.15, -0.1) is 0 Å². The number of rotatable bonds is 2. The van der Waals surface area contributed by atoms with Gasteiger partial charge in [-0.25, -0.2) is 0 Å². The van der Waals surface area contributed by atoms with E-state index in [1.807, 2.05) is 11.8 Å². The van der Waals surface area contributed by atoms with Crippen LogP contribution in [0.3, 0.4) is 0 Å². The summed E-state index contributed by atoms with van der Waals surface area (Å²) >= 11 is 0. The lowest BCUT2D eigenvalue weighted by Crippen LogP contribution is -2.73. The molecule has 3 aliphatic rings. The first kappa shape index (κ1) is 13.9. The molecule has 4 nitrogen and oxygen atoms in total. The molecule has 1 atom stereocenters. The Bertz CT molecular complexity index is 409. The van der Waals surface area contributed by atoms with Crippen LogP contribution in [0.2, 0.25) is 0 Å². The average molecular weight is 278 g/mol. The van der Waals surface area contributed by atoms with Crippen molar-refractivity contribution >= 4 is 11.8 Å². The second kappa shape index (κ2) is 5.05. The summed E-state index contributed by atoms with van der Waals surface area (Å²) in [6.07, 6.45) is 7.79. The number of hydrogen-bond acceptors (Lipinski definition) is 2. The predicted molar refractivity (Wildman–Crippen MR) is 77.1 cm³/mol. The Kier molecular flexibility index (Phi) is 3.51. The maximum absolute atomic E-state index is 13.1. The second-order valence-corrected chi connectivity index (χ2v) is 7.00. The van der Waals surface area contributed by atoms with E-state index < -0.39 is 5.54 Å². The molecule has 1 unspecified atom stereocenters. The molecule has 0 aromatic heterocycles. The average Bonchev–Trinajstić information content (AvgIpc) is 2.40. The van der Waals surface area contributed by atoms with E-state index in [1.165, 1.54) is 6.42 Å². The molecule has 112 valence electrons. The maximum atomic E-state index is 13.1. The van der Waals surface area contributed by atoms with Gasteiger partial charge in [-0.1, -0.05) is 33.1 Å². The Hall–Kier alpha value is -1.06. The number of amides is 2. The molecule has 1 N–H and O–H groups in total. The Balaban J connectivity index is 1.87. The summed E-state index contributed by atoms with van der Waals surface area (Å²) in [6.45, 7) is 4.23. The van der Waals surface area contributed by atoms with Crippen molar-refractivity contribution in [2.45, 2.75) is 82.8 Å². The molecule has 0 bridgehead atoms. The van der Waals surface area contributed by atoms with E-state index in [4.69, 9.17) is 0 Å². The SMILES string of the molecule is CCC1C(=O)NC2(CCCCC2)C(=O)N1C1CC(C)C1. The topological polar surface area (TPSA) is 49.4 Å². The third-order valence-electron chi connectivity index (χ3n) is 5.48. The van der Waals surface area contributed by atoms with Crippen molar-refractivity contribution in [3.63, 3.8) is 0 Å². The van der Waals surface area contributed by atoms with Gasteiger partial charge in [0, 0.05) is 6.04 Å². The van der Waals surface area contributed by atoms with Gasteiger partial charge in [0.1, 0.15) is 11.6 Å². The molecule has 3 rings (SSSR count). The summed E-state index contributed by atoms with van der Waals surface area (Å²) in [5.74, 6) is 0.978. The van der Waals surface area contributed by atoms with Crippen LogP contribution in [0.25, 0.3) is 0 Å². The van der Waals surface area contributed by atoms with Crippen LogP contribution in [0.5, 0.6) is 0 Å². The molecule has 3 fully saturated rings. The van der Waals surface area contributed by atoms with E-state index in [-0.39, 0.29) is 17.9 Å². The molecule has 2 saturated carbocycles. The lowest BCUT2D eigenvalue weighted by atomic mass is 9.74. The molecule has 4 heteroatoms. The van der Waals surface area contributed by atoms with Crippen molar-refractivity contribution in [2.24, 2.45) is 5.92 Å². The highest BCUT2D eigenvalue weighted by atomic mass is 16.2. The van der Waals surface area contributed by atoms with Gasteiger partial charge < -0.3 is 10.2 Å². The Morgan fingerprint density at radius 1 is 1.20 bits per heavy atom. The Labute approximate surface area is 121 Å². The zero-order valence-electron chi connectivity index (χ0n) is 12.7. The summed E-state index contributed by atoms with van der Waals surface area (Å²) in [4.78, 5) is 27.5. The van der Waals surface area contributed by atoms with Gasteiger partial charge in [-0.3, -0.25) is 9.59 Å². The number of nitrogens with zero attached hydrogens (tertiary/aromatic N) is 1. The van der Waals surface area contributed by atoms with Gasteiger partial charge in [-0.05, 0) is 38.0 Å². The number of carbonyl (C=O) groups excluding carboxylic acids is 2. The molecule has 20 heavy (non-hydrogen) atoms. The van der Waals surface area contributed by atoms with Gasteiger partial charge in [0.15, 0.2) is 0 Å². The fourth-order valence-corrected chi connectivity index (χ4v) is 4.27. The smallest absolute Gasteiger partial charge is 0.249 e. The van der Waals surface area contributed by atoms with Crippen LogP contribution in [0.15, 0.2) is 0 Å². The van der Waals surface area contributed by atoms with Crippen LogP contribution in [0, 0.1) is 5.92 Å². The second-order valence-electron chi connectivity index (χ2n) is 7.00. The van der Waals surface area contributed by atoms with Crippen LogP contribution < -0.4 is 5.32 Å². The normalized spacial score (nSPS) is 36.7. The Morgan fingerprint density at radius 2 is 1.85 bits per heavy atom. The van der Waals surface area contributed by atoms with Crippen molar-refractivity contribution in [1.82, 2.24) is 10.2 Å². The highest BCUT2D eigenvalue weighted by Gasteiger charge is 2.53. The minimum absolute atomic E-state index is 0.0774. The van der Waals surface area contributed by atoms with Crippen molar-refractivity contribution in [3.8, 4) is 0 Å². The van der Waals surface area contributed by atoms with Crippen molar-refractivity contribution in [3.05, 3.63) is 0 Å². The maximum Gasteiger partial charge on any atom is 0.249 e. The molecule has 1 saturated heterocycles. The van der Waals surface area contributed by atoms with E-state index in [0.717, 1.165) is 44.9 Å². The standard InChI is InChI=1S/C16H26N2O2/c1-3-13-14(19)17-16(7-5-4-6-8-16)15(20)18(13)12-9-11(2)10-12/h11-13H,3-10H2,1-2H3,(H,17,19). The van der Waals surface area contributed by atoms with Gasteiger partial charge >= 0.3 is 0 Å². The van der Waals surface area contributed by atoms with Crippen molar-refractivity contribution < 1.29 is 9.59 Å². The summed E-state index contributed by atoms with van der Waals surface area (Å²) < 4.78 is 0. The fraction of sp³-hybridized carbons (Fsp3) is 0.875. The lowest BCUT2D eigenvalue weighted by molar-refractivity contribution is -0.163. The first-order chi connectivity index (χ1) is 9.57. The van der Waals surface area contributed by atoms with E-state index in [9.17, 15) is 9.59 Å². The predicted octanol–water partition coefficient (Wildman–Crippen LogP) is 2.22. The molecule has 0 radical (unpaired) electrons. The van der Waals surface area contributed by atoms with E-state index in [0.29, 0.717) is 12.0 Å². The van der Waals surface area contributed by atoms with Crippen molar-refractivity contribution in [2.75, 3.05) is 0 Å². The molecule has 1 aliphatic heterocycles. The molecule has 1 heterocycles.